The summed E-state index contributed by atoms with van der Waals surface area (Å²) in [6.07, 6.45) is 0.547. The molecule has 1 amide bonds. The minimum atomic E-state index is -0.494. The zero-order valence-corrected chi connectivity index (χ0v) is 9.61. The standard InChI is InChI=1S/C12H13FN2O3/c13-8-3-1-2-4-9(8)15-11(16)7-14-10-5-6-18-12(10)17/h1-4,10,14H,5-7H2,(H,15,16). The van der Waals surface area contributed by atoms with Crippen molar-refractivity contribution in [1.82, 2.24) is 5.32 Å². The third-order valence-corrected chi connectivity index (χ3v) is 2.59. The van der Waals surface area contributed by atoms with Crippen LogP contribution in [-0.2, 0) is 14.3 Å². The van der Waals surface area contributed by atoms with Gasteiger partial charge in [-0.2, -0.15) is 0 Å². The molecular formula is C12H13FN2O3. The van der Waals surface area contributed by atoms with Crippen LogP contribution in [0.25, 0.3) is 0 Å². The van der Waals surface area contributed by atoms with Crippen LogP contribution in [0.3, 0.4) is 0 Å². The summed E-state index contributed by atoms with van der Waals surface area (Å²) in [7, 11) is 0. The lowest BCUT2D eigenvalue weighted by molar-refractivity contribution is -0.139. The SMILES string of the molecule is O=C(CNC1CCOC1=O)Nc1ccccc1F. The highest BCUT2D eigenvalue weighted by molar-refractivity contribution is 5.92. The number of amides is 1. The summed E-state index contributed by atoms with van der Waals surface area (Å²) >= 11 is 0. The summed E-state index contributed by atoms with van der Waals surface area (Å²) in [4.78, 5) is 22.7. The van der Waals surface area contributed by atoms with Gasteiger partial charge in [0, 0.05) is 6.42 Å². The summed E-state index contributed by atoms with van der Waals surface area (Å²) in [5.41, 5.74) is 0.123. The molecule has 96 valence electrons. The summed E-state index contributed by atoms with van der Waals surface area (Å²) in [6.45, 7) is 0.305. The van der Waals surface area contributed by atoms with E-state index in [1.807, 2.05) is 0 Å². The largest absolute Gasteiger partial charge is 0.464 e. The first-order valence-corrected chi connectivity index (χ1v) is 5.61. The Morgan fingerprint density at radius 2 is 2.22 bits per heavy atom. The summed E-state index contributed by atoms with van der Waals surface area (Å²) < 4.78 is 18.0. The molecular weight excluding hydrogens is 239 g/mol. The smallest absolute Gasteiger partial charge is 0.323 e. The number of esters is 1. The average Bonchev–Trinajstić information content (AvgIpc) is 2.75. The molecule has 0 radical (unpaired) electrons. The fourth-order valence-corrected chi connectivity index (χ4v) is 1.65. The van der Waals surface area contributed by atoms with Crippen molar-refractivity contribution in [2.45, 2.75) is 12.5 Å². The lowest BCUT2D eigenvalue weighted by Crippen LogP contribution is -2.38. The van der Waals surface area contributed by atoms with Crippen LogP contribution in [0.15, 0.2) is 24.3 Å². The van der Waals surface area contributed by atoms with E-state index >= 15 is 0 Å². The number of cyclic esters (lactones) is 1. The van der Waals surface area contributed by atoms with Crippen molar-refractivity contribution in [2.24, 2.45) is 0 Å². The van der Waals surface area contributed by atoms with Crippen LogP contribution in [0.1, 0.15) is 6.42 Å². The van der Waals surface area contributed by atoms with E-state index in [9.17, 15) is 14.0 Å². The fourth-order valence-electron chi connectivity index (χ4n) is 1.65. The van der Waals surface area contributed by atoms with E-state index in [4.69, 9.17) is 4.74 Å². The molecule has 6 heteroatoms. The Balaban J connectivity index is 1.82. The van der Waals surface area contributed by atoms with Crippen molar-refractivity contribution in [3.05, 3.63) is 30.1 Å². The number of halogens is 1. The molecule has 1 fully saturated rings. The number of benzene rings is 1. The zero-order valence-electron chi connectivity index (χ0n) is 9.61. The monoisotopic (exact) mass is 252 g/mol. The highest BCUT2D eigenvalue weighted by Gasteiger charge is 2.26. The molecule has 0 aromatic heterocycles. The highest BCUT2D eigenvalue weighted by Crippen LogP contribution is 2.12. The minimum Gasteiger partial charge on any atom is -0.464 e. The van der Waals surface area contributed by atoms with E-state index < -0.39 is 17.8 Å². The number of para-hydroxylation sites is 1. The Labute approximate surface area is 103 Å². The molecule has 0 saturated carbocycles. The number of rotatable bonds is 4. The topological polar surface area (TPSA) is 67.4 Å². The molecule has 1 aliphatic heterocycles. The second kappa shape index (κ2) is 5.59. The van der Waals surface area contributed by atoms with E-state index in [0.717, 1.165) is 0 Å². The maximum atomic E-state index is 13.2. The van der Waals surface area contributed by atoms with Gasteiger partial charge in [0.2, 0.25) is 5.91 Å². The van der Waals surface area contributed by atoms with Gasteiger partial charge < -0.3 is 10.1 Å². The number of ether oxygens (including phenoxy) is 1. The molecule has 18 heavy (non-hydrogen) atoms. The minimum absolute atomic E-state index is 0.0614. The van der Waals surface area contributed by atoms with Gasteiger partial charge in [-0.15, -0.1) is 0 Å². The van der Waals surface area contributed by atoms with Crippen LogP contribution in [0.4, 0.5) is 10.1 Å². The molecule has 1 heterocycles. The van der Waals surface area contributed by atoms with Gasteiger partial charge in [-0.1, -0.05) is 12.1 Å². The van der Waals surface area contributed by atoms with Crippen molar-refractivity contribution in [1.29, 1.82) is 0 Å². The van der Waals surface area contributed by atoms with Crippen molar-refractivity contribution in [3.63, 3.8) is 0 Å². The molecule has 0 bridgehead atoms. The van der Waals surface area contributed by atoms with Crippen LogP contribution < -0.4 is 10.6 Å². The molecule has 1 aromatic carbocycles. The van der Waals surface area contributed by atoms with Crippen molar-refractivity contribution >= 4 is 17.6 Å². The Bertz CT molecular complexity index is 464. The molecule has 2 N–H and O–H groups in total. The number of carbonyl (C=O) groups is 2. The third-order valence-electron chi connectivity index (χ3n) is 2.59. The molecule has 5 nitrogen and oxygen atoms in total. The van der Waals surface area contributed by atoms with E-state index in [1.54, 1.807) is 6.07 Å². The van der Waals surface area contributed by atoms with Gasteiger partial charge in [-0.3, -0.25) is 14.9 Å². The molecule has 1 aromatic rings. The Kier molecular flexibility index (Phi) is 3.88. The summed E-state index contributed by atoms with van der Waals surface area (Å²) in [6, 6.07) is 5.45. The maximum absolute atomic E-state index is 13.2. The van der Waals surface area contributed by atoms with Crippen LogP contribution in [0.2, 0.25) is 0 Å². The van der Waals surface area contributed by atoms with Gasteiger partial charge in [0.1, 0.15) is 11.9 Å². The predicted molar refractivity (Wildman–Crippen MR) is 62.4 cm³/mol. The number of hydrogen-bond acceptors (Lipinski definition) is 4. The van der Waals surface area contributed by atoms with Crippen molar-refractivity contribution in [2.75, 3.05) is 18.5 Å². The van der Waals surface area contributed by atoms with E-state index in [-0.39, 0.29) is 18.2 Å². The first-order chi connectivity index (χ1) is 8.66. The Morgan fingerprint density at radius 1 is 1.44 bits per heavy atom. The molecule has 1 atom stereocenters. The van der Waals surface area contributed by atoms with Crippen molar-refractivity contribution < 1.29 is 18.7 Å². The van der Waals surface area contributed by atoms with Crippen LogP contribution in [0.5, 0.6) is 0 Å². The van der Waals surface area contributed by atoms with Gasteiger partial charge in [-0.25, -0.2) is 4.39 Å². The predicted octanol–water partition coefficient (Wildman–Crippen LogP) is 0.669. The van der Waals surface area contributed by atoms with Gasteiger partial charge in [0.05, 0.1) is 18.8 Å². The summed E-state index contributed by atoms with van der Waals surface area (Å²) in [5, 5.41) is 5.18. The number of carbonyl (C=O) groups excluding carboxylic acids is 2. The highest BCUT2D eigenvalue weighted by atomic mass is 19.1. The average molecular weight is 252 g/mol. The van der Waals surface area contributed by atoms with E-state index in [2.05, 4.69) is 10.6 Å². The second-order valence-electron chi connectivity index (χ2n) is 3.92. The molecule has 2 rings (SSSR count). The number of anilines is 1. The maximum Gasteiger partial charge on any atom is 0.323 e. The zero-order chi connectivity index (χ0) is 13.0. The molecule has 1 saturated heterocycles. The Hall–Kier alpha value is -1.95. The van der Waals surface area contributed by atoms with E-state index in [0.29, 0.717) is 13.0 Å². The third kappa shape index (κ3) is 3.04. The fraction of sp³-hybridized carbons (Fsp3) is 0.333. The number of hydrogen-bond donors (Lipinski definition) is 2. The summed E-state index contributed by atoms with van der Waals surface area (Å²) in [5.74, 6) is -1.25. The Morgan fingerprint density at radius 3 is 2.89 bits per heavy atom. The normalized spacial score (nSPS) is 18.5. The molecule has 1 aliphatic rings. The van der Waals surface area contributed by atoms with Crippen LogP contribution in [-0.4, -0.2) is 31.1 Å². The first-order valence-electron chi connectivity index (χ1n) is 5.61. The van der Waals surface area contributed by atoms with Gasteiger partial charge in [0.25, 0.3) is 0 Å². The quantitative estimate of drug-likeness (QED) is 0.773. The van der Waals surface area contributed by atoms with Gasteiger partial charge in [0.15, 0.2) is 0 Å². The van der Waals surface area contributed by atoms with Crippen LogP contribution in [0, 0.1) is 5.82 Å². The molecule has 0 aliphatic carbocycles. The van der Waals surface area contributed by atoms with Crippen LogP contribution >= 0.6 is 0 Å². The molecule has 1 unspecified atom stereocenters. The first kappa shape index (κ1) is 12.5. The van der Waals surface area contributed by atoms with Gasteiger partial charge >= 0.3 is 5.97 Å². The lowest BCUT2D eigenvalue weighted by atomic mass is 10.2. The van der Waals surface area contributed by atoms with Crippen molar-refractivity contribution in [3.8, 4) is 0 Å². The number of nitrogens with one attached hydrogen (secondary N) is 2. The molecule has 0 spiro atoms. The second-order valence-corrected chi connectivity index (χ2v) is 3.92. The van der Waals surface area contributed by atoms with E-state index in [1.165, 1.54) is 18.2 Å². The van der Waals surface area contributed by atoms with Gasteiger partial charge in [-0.05, 0) is 12.1 Å². The lowest BCUT2D eigenvalue weighted by Gasteiger charge is -2.09.